The number of halogens is 3. The van der Waals surface area contributed by atoms with Gasteiger partial charge in [0, 0.05) is 19.6 Å². The summed E-state index contributed by atoms with van der Waals surface area (Å²) in [5, 5.41) is 3.02. The third-order valence-corrected chi connectivity index (χ3v) is 2.86. The molecule has 2 rings (SSSR count). The number of benzene rings is 1. The summed E-state index contributed by atoms with van der Waals surface area (Å²) in [6, 6.07) is 3.89. The van der Waals surface area contributed by atoms with Gasteiger partial charge in [0.2, 0.25) is 0 Å². The molecule has 5 heteroatoms. The van der Waals surface area contributed by atoms with Crippen LogP contribution in [0, 0.1) is 0 Å². The number of alkyl halides is 3. The van der Waals surface area contributed by atoms with Crippen LogP contribution in [0.15, 0.2) is 18.2 Å². The van der Waals surface area contributed by atoms with Gasteiger partial charge in [-0.15, -0.1) is 0 Å². The Balaban J connectivity index is 2.33. The summed E-state index contributed by atoms with van der Waals surface area (Å²) in [7, 11) is 0. The number of anilines is 2. The largest absolute Gasteiger partial charge is 0.416 e. The van der Waals surface area contributed by atoms with Crippen LogP contribution in [0.5, 0.6) is 0 Å². The maximum atomic E-state index is 12.6. The van der Waals surface area contributed by atoms with Gasteiger partial charge in [-0.25, -0.2) is 0 Å². The highest BCUT2D eigenvalue weighted by Crippen LogP contribution is 2.36. The Kier molecular flexibility index (Phi) is 3.17. The Hall–Kier alpha value is -1.39. The van der Waals surface area contributed by atoms with Crippen molar-refractivity contribution in [3.05, 3.63) is 23.8 Å². The minimum Gasteiger partial charge on any atom is -0.382 e. The van der Waals surface area contributed by atoms with E-state index in [2.05, 4.69) is 17.1 Å². The van der Waals surface area contributed by atoms with Crippen molar-refractivity contribution in [1.29, 1.82) is 0 Å². The van der Waals surface area contributed by atoms with E-state index in [1.807, 2.05) is 0 Å². The van der Waals surface area contributed by atoms with E-state index in [9.17, 15) is 13.2 Å². The third kappa shape index (κ3) is 2.48. The van der Waals surface area contributed by atoms with Gasteiger partial charge in [-0.05, 0) is 24.6 Å². The van der Waals surface area contributed by atoms with Gasteiger partial charge in [0.25, 0.3) is 0 Å². The summed E-state index contributed by atoms with van der Waals surface area (Å²) in [5.74, 6) is 0. The lowest BCUT2D eigenvalue weighted by molar-refractivity contribution is -0.137. The fourth-order valence-corrected chi connectivity index (χ4v) is 2.08. The highest BCUT2D eigenvalue weighted by molar-refractivity contribution is 5.73. The lowest BCUT2D eigenvalue weighted by Crippen LogP contribution is -2.34. The Labute approximate surface area is 98.4 Å². The van der Waals surface area contributed by atoms with Crippen LogP contribution in [0.4, 0.5) is 24.5 Å². The standard InChI is InChI=1S/C12H15F3N2/c1-2-6-17-7-5-16-10-8-9(12(13,14)15)3-4-11(10)17/h3-4,8,16H,2,5-7H2,1H3. The maximum absolute atomic E-state index is 12.6. The van der Waals surface area contributed by atoms with Crippen molar-refractivity contribution in [3.8, 4) is 0 Å². The molecule has 0 aromatic heterocycles. The van der Waals surface area contributed by atoms with Gasteiger partial charge in [0.05, 0.1) is 16.9 Å². The van der Waals surface area contributed by atoms with Crippen LogP contribution in [0.3, 0.4) is 0 Å². The molecule has 0 spiro atoms. The number of nitrogens with one attached hydrogen (secondary N) is 1. The van der Waals surface area contributed by atoms with Crippen LogP contribution >= 0.6 is 0 Å². The van der Waals surface area contributed by atoms with E-state index in [-0.39, 0.29) is 0 Å². The molecule has 1 N–H and O–H groups in total. The average molecular weight is 244 g/mol. The lowest BCUT2D eigenvalue weighted by Gasteiger charge is -2.32. The molecule has 1 aromatic carbocycles. The van der Waals surface area contributed by atoms with E-state index >= 15 is 0 Å². The monoisotopic (exact) mass is 244 g/mol. The molecule has 94 valence electrons. The summed E-state index contributed by atoms with van der Waals surface area (Å²) in [6.45, 7) is 4.46. The molecule has 0 saturated heterocycles. The van der Waals surface area contributed by atoms with Gasteiger partial charge in [-0.2, -0.15) is 13.2 Å². The highest BCUT2D eigenvalue weighted by atomic mass is 19.4. The van der Waals surface area contributed by atoms with Gasteiger partial charge >= 0.3 is 6.18 Å². The smallest absolute Gasteiger partial charge is 0.382 e. The van der Waals surface area contributed by atoms with Gasteiger partial charge in [-0.1, -0.05) is 6.92 Å². The number of hydrogen-bond acceptors (Lipinski definition) is 2. The highest BCUT2D eigenvalue weighted by Gasteiger charge is 2.31. The molecular formula is C12H15F3N2. The molecule has 2 nitrogen and oxygen atoms in total. The molecule has 0 saturated carbocycles. The zero-order valence-electron chi connectivity index (χ0n) is 9.64. The van der Waals surface area contributed by atoms with E-state index in [1.54, 1.807) is 6.07 Å². The first kappa shape index (κ1) is 12.1. The van der Waals surface area contributed by atoms with Crippen molar-refractivity contribution in [2.24, 2.45) is 0 Å². The van der Waals surface area contributed by atoms with Crippen molar-refractivity contribution < 1.29 is 13.2 Å². The summed E-state index contributed by atoms with van der Waals surface area (Å²) in [6.07, 6.45) is -3.29. The second-order valence-corrected chi connectivity index (χ2v) is 4.14. The summed E-state index contributed by atoms with van der Waals surface area (Å²) in [5.41, 5.74) is 0.854. The predicted molar refractivity (Wildman–Crippen MR) is 62.4 cm³/mol. The SMILES string of the molecule is CCCN1CCNc2cc(C(F)(F)F)ccc21. The molecule has 1 heterocycles. The molecule has 0 fully saturated rings. The Morgan fingerprint density at radius 1 is 1.35 bits per heavy atom. The van der Waals surface area contributed by atoms with E-state index in [1.165, 1.54) is 6.07 Å². The number of nitrogens with zero attached hydrogens (tertiary/aromatic N) is 1. The Bertz CT molecular complexity index is 401. The Morgan fingerprint density at radius 3 is 2.76 bits per heavy atom. The molecule has 0 bridgehead atoms. The van der Waals surface area contributed by atoms with Gasteiger partial charge < -0.3 is 10.2 Å². The quantitative estimate of drug-likeness (QED) is 0.858. The number of fused-ring (bicyclic) bond motifs is 1. The van der Waals surface area contributed by atoms with Crippen LogP contribution in [-0.4, -0.2) is 19.6 Å². The van der Waals surface area contributed by atoms with Crippen LogP contribution < -0.4 is 10.2 Å². The van der Waals surface area contributed by atoms with Crippen molar-refractivity contribution in [2.75, 3.05) is 29.9 Å². The average Bonchev–Trinajstić information content (AvgIpc) is 2.28. The van der Waals surface area contributed by atoms with Crippen molar-refractivity contribution >= 4 is 11.4 Å². The normalized spacial score (nSPS) is 15.4. The van der Waals surface area contributed by atoms with Crippen LogP contribution in [0.2, 0.25) is 0 Å². The molecule has 0 unspecified atom stereocenters. The number of hydrogen-bond donors (Lipinski definition) is 1. The third-order valence-electron chi connectivity index (χ3n) is 2.86. The van der Waals surface area contributed by atoms with Crippen LogP contribution in [-0.2, 0) is 6.18 Å². The zero-order chi connectivity index (χ0) is 12.5. The molecule has 0 radical (unpaired) electrons. The topological polar surface area (TPSA) is 15.3 Å². The molecule has 1 aromatic rings. The van der Waals surface area contributed by atoms with Gasteiger partial charge in [0.1, 0.15) is 0 Å². The van der Waals surface area contributed by atoms with Crippen LogP contribution in [0.1, 0.15) is 18.9 Å². The molecule has 0 atom stereocenters. The summed E-state index contributed by atoms with van der Waals surface area (Å²) < 4.78 is 37.7. The van der Waals surface area contributed by atoms with Crippen molar-refractivity contribution in [3.63, 3.8) is 0 Å². The molecule has 0 amide bonds. The van der Waals surface area contributed by atoms with Gasteiger partial charge in [-0.3, -0.25) is 0 Å². The molecule has 0 aliphatic carbocycles. The first-order valence-corrected chi connectivity index (χ1v) is 5.72. The minimum absolute atomic E-state index is 0.583. The van der Waals surface area contributed by atoms with E-state index in [0.29, 0.717) is 12.2 Å². The van der Waals surface area contributed by atoms with E-state index in [0.717, 1.165) is 31.3 Å². The van der Waals surface area contributed by atoms with Crippen LogP contribution in [0.25, 0.3) is 0 Å². The number of rotatable bonds is 2. The molecule has 1 aliphatic rings. The molecule has 17 heavy (non-hydrogen) atoms. The van der Waals surface area contributed by atoms with E-state index < -0.39 is 11.7 Å². The van der Waals surface area contributed by atoms with Crippen molar-refractivity contribution in [2.45, 2.75) is 19.5 Å². The van der Waals surface area contributed by atoms with E-state index in [4.69, 9.17) is 0 Å². The predicted octanol–water partition coefficient (Wildman–Crippen LogP) is 3.35. The molecular weight excluding hydrogens is 229 g/mol. The van der Waals surface area contributed by atoms with Crippen molar-refractivity contribution in [1.82, 2.24) is 0 Å². The second kappa shape index (κ2) is 4.47. The first-order valence-electron chi connectivity index (χ1n) is 5.72. The summed E-state index contributed by atoms with van der Waals surface area (Å²) >= 11 is 0. The maximum Gasteiger partial charge on any atom is 0.416 e. The Morgan fingerprint density at radius 2 is 2.12 bits per heavy atom. The first-order chi connectivity index (χ1) is 8.02. The fraction of sp³-hybridized carbons (Fsp3) is 0.500. The second-order valence-electron chi connectivity index (χ2n) is 4.14. The molecule has 1 aliphatic heterocycles. The lowest BCUT2D eigenvalue weighted by atomic mass is 10.1. The summed E-state index contributed by atoms with van der Waals surface area (Å²) in [4.78, 5) is 2.12. The zero-order valence-corrected chi connectivity index (χ0v) is 9.64. The fourth-order valence-electron chi connectivity index (χ4n) is 2.08. The minimum atomic E-state index is -4.27. The van der Waals surface area contributed by atoms with Gasteiger partial charge in [0.15, 0.2) is 0 Å².